The molecule has 0 unspecified atom stereocenters. The molecule has 10 heteroatoms. The van der Waals surface area contributed by atoms with E-state index < -0.39 is 11.9 Å². The zero-order valence-corrected chi connectivity index (χ0v) is 28.1. The van der Waals surface area contributed by atoms with E-state index in [-0.39, 0.29) is 36.8 Å². The molecule has 0 radical (unpaired) electrons. The van der Waals surface area contributed by atoms with Gasteiger partial charge in [-0.05, 0) is 75.2 Å². The largest absolute Gasteiger partial charge is 1.00 e. The highest BCUT2D eigenvalue weighted by Crippen LogP contribution is 2.18. The van der Waals surface area contributed by atoms with Gasteiger partial charge in [0.15, 0.2) is 0 Å². The zero-order chi connectivity index (χ0) is 32.5. The quantitative estimate of drug-likeness (QED) is 0.0858. The molecule has 0 N–H and O–H groups in total. The van der Waals surface area contributed by atoms with Crippen LogP contribution in [0, 0.1) is 22.7 Å². The number of ether oxygens (including phenoxy) is 2. The highest BCUT2D eigenvalue weighted by molar-refractivity contribution is 5.98. The number of quaternary nitrogens is 1. The molecule has 0 aliphatic heterocycles. The van der Waals surface area contributed by atoms with Crippen LogP contribution in [0.1, 0.15) is 45.2 Å². The summed E-state index contributed by atoms with van der Waals surface area (Å²) in [5, 5.41) is 19.0. The SMILES string of the molecule is CCN(CC)c1ccc(/C=C(/C#N)C(=O)OCC[N+](C)(C)CCCOC(=O)/C(C#N)=C/c2ccc(N(CC)CC)cc2)cc1.[Cl-]. The molecule has 45 heavy (non-hydrogen) atoms. The Hall–Kier alpha value is -4.31. The highest BCUT2D eigenvalue weighted by atomic mass is 35.5. The summed E-state index contributed by atoms with van der Waals surface area (Å²) in [5.74, 6) is -1.31. The Morgan fingerprint density at radius 2 is 1.07 bits per heavy atom. The smallest absolute Gasteiger partial charge is 0.349 e. The minimum absolute atomic E-state index is 0. The van der Waals surface area contributed by atoms with Gasteiger partial charge < -0.3 is 36.2 Å². The van der Waals surface area contributed by atoms with Crippen LogP contribution in [0.5, 0.6) is 0 Å². The van der Waals surface area contributed by atoms with Crippen LogP contribution < -0.4 is 22.2 Å². The van der Waals surface area contributed by atoms with E-state index in [2.05, 4.69) is 37.5 Å². The first-order valence-electron chi connectivity index (χ1n) is 15.2. The van der Waals surface area contributed by atoms with Gasteiger partial charge in [-0.2, -0.15) is 10.5 Å². The third-order valence-electron chi connectivity index (χ3n) is 7.42. The minimum Gasteiger partial charge on any atom is -1.00 e. The van der Waals surface area contributed by atoms with Crippen molar-refractivity contribution in [3.63, 3.8) is 0 Å². The molecule has 9 nitrogen and oxygen atoms in total. The molecular formula is C35H46ClN5O4. The summed E-state index contributed by atoms with van der Waals surface area (Å²) in [6.07, 6.45) is 3.64. The van der Waals surface area contributed by atoms with Crippen LogP contribution in [0.4, 0.5) is 11.4 Å². The second-order valence-electron chi connectivity index (χ2n) is 10.9. The summed E-state index contributed by atoms with van der Waals surface area (Å²) in [6.45, 7) is 13.4. The maximum atomic E-state index is 12.5. The summed E-state index contributed by atoms with van der Waals surface area (Å²) in [6, 6.07) is 19.3. The first-order valence-corrected chi connectivity index (χ1v) is 15.2. The van der Waals surface area contributed by atoms with Crippen molar-refractivity contribution in [3.05, 3.63) is 70.8 Å². The number of hydrogen-bond donors (Lipinski definition) is 0. The summed E-state index contributed by atoms with van der Waals surface area (Å²) >= 11 is 0. The second kappa shape index (κ2) is 19.9. The van der Waals surface area contributed by atoms with E-state index >= 15 is 0 Å². The third-order valence-corrected chi connectivity index (χ3v) is 7.42. The molecule has 0 spiro atoms. The van der Waals surface area contributed by atoms with Crippen LogP contribution in [-0.2, 0) is 19.1 Å². The fourth-order valence-corrected chi connectivity index (χ4v) is 4.66. The van der Waals surface area contributed by atoms with Gasteiger partial charge in [-0.1, -0.05) is 24.3 Å². The number of benzene rings is 2. The number of carbonyl (C=O) groups is 2. The average Bonchev–Trinajstić information content (AvgIpc) is 3.03. The van der Waals surface area contributed by atoms with E-state index in [1.165, 1.54) is 12.2 Å². The van der Waals surface area contributed by atoms with E-state index in [4.69, 9.17) is 9.47 Å². The van der Waals surface area contributed by atoms with Crippen molar-refractivity contribution in [1.82, 2.24) is 0 Å². The Bertz CT molecular complexity index is 1360. The molecule has 0 saturated heterocycles. The number of hydrogen-bond acceptors (Lipinski definition) is 8. The first-order chi connectivity index (χ1) is 21.1. The predicted molar refractivity (Wildman–Crippen MR) is 176 cm³/mol. The van der Waals surface area contributed by atoms with Gasteiger partial charge in [-0.3, -0.25) is 0 Å². The molecule has 0 aromatic heterocycles. The molecule has 242 valence electrons. The van der Waals surface area contributed by atoms with Crippen LogP contribution in [0.3, 0.4) is 0 Å². The van der Waals surface area contributed by atoms with Crippen molar-refractivity contribution in [2.75, 3.05) is 76.4 Å². The normalized spacial score (nSPS) is 11.5. The lowest BCUT2D eigenvalue weighted by atomic mass is 10.1. The number of rotatable bonds is 17. The minimum atomic E-state index is -0.659. The van der Waals surface area contributed by atoms with Crippen molar-refractivity contribution in [1.29, 1.82) is 10.5 Å². The van der Waals surface area contributed by atoms with E-state index in [1.54, 1.807) is 0 Å². The predicted octanol–water partition coefficient (Wildman–Crippen LogP) is 2.45. The van der Waals surface area contributed by atoms with Crippen molar-refractivity contribution >= 4 is 35.5 Å². The Balaban J connectivity index is 0.0000101. The lowest BCUT2D eigenvalue weighted by molar-refractivity contribution is -0.890. The van der Waals surface area contributed by atoms with E-state index in [9.17, 15) is 20.1 Å². The Morgan fingerprint density at radius 3 is 1.42 bits per heavy atom. The van der Waals surface area contributed by atoms with Crippen LogP contribution in [0.25, 0.3) is 12.2 Å². The zero-order valence-electron chi connectivity index (χ0n) is 27.4. The number of esters is 2. The van der Waals surface area contributed by atoms with Gasteiger partial charge in [0.05, 0.1) is 27.2 Å². The monoisotopic (exact) mass is 635 g/mol. The summed E-state index contributed by atoms with van der Waals surface area (Å²) in [7, 11) is 3.97. The maximum Gasteiger partial charge on any atom is 0.349 e. The van der Waals surface area contributed by atoms with Crippen molar-refractivity contribution in [2.24, 2.45) is 0 Å². The topological polar surface area (TPSA) is 107 Å². The third kappa shape index (κ3) is 12.7. The molecule has 0 aliphatic carbocycles. The van der Waals surface area contributed by atoms with Gasteiger partial charge >= 0.3 is 11.9 Å². The number of likely N-dealkylation sites (N-methyl/N-ethyl adjacent to an activating group) is 1. The van der Waals surface area contributed by atoms with Gasteiger partial charge in [0, 0.05) is 44.0 Å². The molecule has 0 atom stereocenters. The number of nitriles is 2. The molecule has 0 bridgehead atoms. The molecule has 0 saturated carbocycles. The number of halogens is 1. The standard InChI is InChI=1S/C35H46N5O4.ClH/c1-7-38(8-2)32-16-12-28(13-17-32)24-30(26-36)34(41)43-22-11-20-40(5,6)21-23-44-35(42)31(27-37)25-29-14-18-33(19-15-29)39(9-3)10-4;/h12-19,24-25H,7-11,20-23H2,1-6H3;1H/q+1;/p-1/b30-24+,31-25-;. The second-order valence-corrected chi connectivity index (χ2v) is 10.9. The summed E-state index contributed by atoms with van der Waals surface area (Å²) in [5.41, 5.74) is 3.57. The summed E-state index contributed by atoms with van der Waals surface area (Å²) < 4.78 is 11.3. The van der Waals surface area contributed by atoms with Gasteiger partial charge in [0.2, 0.25) is 0 Å². The molecule has 0 amide bonds. The molecule has 2 rings (SSSR count). The van der Waals surface area contributed by atoms with Crippen LogP contribution in [-0.4, -0.2) is 83.0 Å². The Labute approximate surface area is 274 Å². The van der Waals surface area contributed by atoms with Gasteiger partial charge in [0.25, 0.3) is 0 Å². The van der Waals surface area contributed by atoms with E-state index in [1.807, 2.05) is 74.8 Å². The molecule has 2 aromatic rings. The molecule has 0 heterocycles. The van der Waals surface area contributed by atoms with E-state index in [0.29, 0.717) is 24.0 Å². The first kappa shape index (κ1) is 38.7. The number of nitrogens with zero attached hydrogens (tertiary/aromatic N) is 5. The number of carbonyl (C=O) groups excluding carboxylic acids is 2. The maximum absolute atomic E-state index is 12.5. The van der Waals surface area contributed by atoms with Crippen LogP contribution in [0.15, 0.2) is 59.7 Å². The Kier molecular flexibility index (Phi) is 17.1. The average molecular weight is 636 g/mol. The van der Waals surface area contributed by atoms with Gasteiger partial charge in [0.1, 0.15) is 36.4 Å². The fourth-order valence-electron chi connectivity index (χ4n) is 4.66. The van der Waals surface area contributed by atoms with Crippen molar-refractivity contribution in [3.8, 4) is 12.1 Å². The highest BCUT2D eigenvalue weighted by Gasteiger charge is 2.19. The fraction of sp³-hybridized carbons (Fsp3) is 0.429. The van der Waals surface area contributed by atoms with Crippen molar-refractivity contribution in [2.45, 2.75) is 34.1 Å². The van der Waals surface area contributed by atoms with Crippen molar-refractivity contribution < 1.29 is 36.0 Å². The van der Waals surface area contributed by atoms with Gasteiger partial charge in [-0.15, -0.1) is 0 Å². The summed E-state index contributed by atoms with van der Waals surface area (Å²) in [4.78, 5) is 29.5. The lowest BCUT2D eigenvalue weighted by Crippen LogP contribution is -3.00. The molecule has 0 fully saturated rings. The molecular weight excluding hydrogens is 590 g/mol. The lowest BCUT2D eigenvalue weighted by Gasteiger charge is -2.29. The van der Waals surface area contributed by atoms with Crippen LogP contribution in [0.2, 0.25) is 0 Å². The molecule has 2 aromatic carbocycles. The van der Waals surface area contributed by atoms with Crippen LogP contribution >= 0.6 is 0 Å². The number of anilines is 2. The Morgan fingerprint density at radius 1 is 0.689 bits per heavy atom. The van der Waals surface area contributed by atoms with E-state index in [0.717, 1.165) is 48.7 Å². The molecule has 0 aliphatic rings. The van der Waals surface area contributed by atoms with Gasteiger partial charge in [-0.25, -0.2) is 9.59 Å².